The molecule has 0 spiro atoms. The van der Waals surface area contributed by atoms with Crippen LogP contribution in [0.3, 0.4) is 0 Å². The molecule has 2 aromatic carbocycles. The van der Waals surface area contributed by atoms with Crippen molar-refractivity contribution in [3.8, 4) is 11.3 Å². The third kappa shape index (κ3) is 3.33. The molecule has 1 heterocycles. The number of amides is 1. The first kappa shape index (κ1) is 15.5. The van der Waals surface area contributed by atoms with Crippen LogP contribution in [0.1, 0.15) is 20.7 Å². The van der Waals surface area contributed by atoms with E-state index in [1.54, 1.807) is 42.6 Å². The second-order valence-corrected chi connectivity index (χ2v) is 4.97. The minimum Gasteiger partial charge on any atom is -0.465 e. The maximum Gasteiger partial charge on any atom is 0.337 e. The van der Waals surface area contributed by atoms with Crippen molar-refractivity contribution in [1.82, 2.24) is 4.98 Å². The topological polar surface area (TPSA) is 81.4 Å². The van der Waals surface area contributed by atoms with Crippen molar-refractivity contribution >= 4 is 17.6 Å². The summed E-state index contributed by atoms with van der Waals surface area (Å²) < 4.78 is 9.84. The quantitative estimate of drug-likeness (QED) is 0.745. The number of nitrogens with zero attached hydrogens (tertiary/aromatic N) is 1. The van der Waals surface area contributed by atoms with E-state index in [1.807, 2.05) is 12.1 Å². The molecule has 0 aliphatic rings. The highest BCUT2D eigenvalue weighted by atomic mass is 16.5. The Morgan fingerprint density at radius 1 is 1.00 bits per heavy atom. The van der Waals surface area contributed by atoms with Gasteiger partial charge in [-0.15, -0.1) is 0 Å². The molecular weight excluding hydrogens is 308 g/mol. The van der Waals surface area contributed by atoms with Gasteiger partial charge in [0.25, 0.3) is 5.91 Å². The van der Waals surface area contributed by atoms with Gasteiger partial charge in [-0.25, -0.2) is 9.78 Å². The molecule has 0 saturated heterocycles. The number of aromatic nitrogens is 1. The van der Waals surface area contributed by atoms with Gasteiger partial charge in [0.2, 0.25) is 0 Å². The molecule has 120 valence electrons. The normalized spacial score (nSPS) is 10.2. The Morgan fingerprint density at radius 3 is 2.25 bits per heavy atom. The first-order valence-electron chi connectivity index (χ1n) is 7.16. The molecule has 0 atom stereocenters. The number of hydrogen-bond donors (Lipinski definition) is 1. The summed E-state index contributed by atoms with van der Waals surface area (Å²) in [5, 5.41) is 2.79. The summed E-state index contributed by atoms with van der Waals surface area (Å²) >= 11 is 0. The molecule has 0 bridgehead atoms. The van der Waals surface area contributed by atoms with Gasteiger partial charge < -0.3 is 14.5 Å². The summed E-state index contributed by atoms with van der Waals surface area (Å²) in [6.07, 6.45) is 2.99. The van der Waals surface area contributed by atoms with Crippen LogP contribution in [0.2, 0.25) is 0 Å². The van der Waals surface area contributed by atoms with Crippen LogP contribution >= 0.6 is 0 Å². The number of ether oxygens (including phenoxy) is 1. The SMILES string of the molecule is COC(=O)c1ccc(C(=O)Nc2ccc(-c3cnco3)cc2)cc1. The van der Waals surface area contributed by atoms with Gasteiger partial charge in [0.15, 0.2) is 12.2 Å². The summed E-state index contributed by atoms with van der Waals surface area (Å²) in [7, 11) is 1.31. The fraction of sp³-hybridized carbons (Fsp3) is 0.0556. The van der Waals surface area contributed by atoms with E-state index in [2.05, 4.69) is 15.0 Å². The smallest absolute Gasteiger partial charge is 0.337 e. The van der Waals surface area contributed by atoms with Gasteiger partial charge in [-0.1, -0.05) is 0 Å². The molecule has 0 aliphatic heterocycles. The highest BCUT2D eigenvalue weighted by Crippen LogP contribution is 2.21. The number of rotatable bonds is 4. The highest BCUT2D eigenvalue weighted by molar-refractivity contribution is 6.04. The number of carbonyl (C=O) groups excluding carboxylic acids is 2. The van der Waals surface area contributed by atoms with Crippen molar-refractivity contribution in [3.05, 3.63) is 72.2 Å². The largest absolute Gasteiger partial charge is 0.465 e. The van der Waals surface area contributed by atoms with Crippen LogP contribution in [0.25, 0.3) is 11.3 Å². The summed E-state index contributed by atoms with van der Waals surface area (Å²) in [5.74, 6) is -0.0462. The molecule has 0 saturated carbocycles. The lowest BCUT2D eigenvalue weighted by Gasteiger charge is -2.06. The van der Waals surface area contributed by atoms with Crippen molar-refractivity contribution < 1.29 is 18.7 Å². The average Bonchev–Trinajstić information content (AvgIpc) is 3.16. The van der Waals surface area contributed by atoms with Crippen LogP contribution in [0.4, 0.5) is 5.69 Å². The van der Waals surface area contributed by atoms with Crippen molar-refractivity contribution in [2.45, 2.75) is 0 Å². The molecule has 0 fully saturated rings. The molecule has 3 rings (SSSR count). The van der Waals surface area contributed by atoms with E-state index < -0.39 is 5.97 Å². The Morgan fingerprint density at radius 2 is 1.67 bits per heavy atom. The highest BCUT2D eigenvalue weighted by Gasteiger charge is 2.09. The Hall–Kier alpha value is -3.41. The van der Waals surface area contributed by atoms with E-state index >= 15 is 0 Å². The summed E-state index contributed by atoms with van der Waals surface area (Å²) in [6.45, 7) is 0. The van der Waals surface area contributed by atoms with E-state index in [-0.39, 0.29) is 5.91 Å². The van der Waals surface area contributed by atoms with Crippen molar-refractivity contribution in [2.24, 2.45) is 0 Å². The number of esters is 1. The number of oxazole rings is 1. The predicted molar refractivity (Wildman–Crippen MR) is 87.7 cm³/mol. The zero-order valence-corrected chi connectivity index (χ0v) is 12.9. The fourth-order valence-electron chi connectivity index (χ4n) is 2.15. The maximum absolute atomic E-state index is 12.2. The van der Waals surface area contributed by atoms with Gasteiger partial charge in [-0.05, 0) is 48.5 Å². The molecular formula is C18H14N2O4. The van der Waals surface area contributed by atoms with E-state index in [0.29, 0.717) is 22.6 Å². The summed E-state index contributed by atoms with van der Waals surface area (Å²) in [6, 6.07) is 13.5. The molecule has 3 aromatic rings. The molecule has 0 unspecified atom stereocenters. The Balaban J connectivity index is 1.69. The van der Waals surface area contributed by atoms with Crippen molar-refractivity contribution in [2.75, 3.05) is 12.4 Å². The lowest BCUT2D eigenvalue weighted by molar-refractivity contribution is 0.0600. The van der Waals surface area contributed by atoms with Gasteiger partial charge >= 0.3 is 5.97 Å². The molecule has 1 amide bonds. The van der Waals surface area contributed by atoms with Crippen LogP contribution in [-0.2, 0) is 4.74 Å². The third-order valence-corrected chi connectivity index (χ3v) is 3.43. The van der Waals surface area contributed by atoms with Gasteiger partial charge in [0.1, 0.15) is 0 Å². The fourth-order valence-corrected chi connectivity index (χ4v) is 2.15. The summed E-state index contributed by atoms with van der Waals surface area (Å²) in [4.78, 5) is 27.5. The standard InChI is InChI=1S/C18H14N2O4/c1-23-18(22)14-4-2-13(3-5-14)17(21)20-15-8-6-12(7-9-15)16-10-19-11-24-16/h2-11H,1H3,(H,20,21). The van der Waals surface area contributed by atoms with Crippen LogP contribution in [0.15, 0.2) is 65.5 Å². The van der Waals surface area contributed by atoms with Crippen molar-refractivity contribution in [3.63, 3.8) is 0 Å². The first-order chi connectivity index (χ1) is 11.7. The van der Waals surface area contributed by atoms with E-state index in [0.717, 1.165) is 5.56 Å². The number of carbonyl (C=O) groups is 2. The van der Waals surface area contributed by atoms with E-state index in [1.165, 1.54) is 13.5 Å². The maximum atomic E-state index is 12.2. The minimum absolute atomic E-state index is 0.265. The Kier molecular flexibility index (Phi) is 4.38. The van der Waals surface area contributed by atoms with Gasteiger partial charge in [0.05, 0.1) is 18.9 Å². The lowest BCUT2D eigenvalue weighted by atomic mass is 10.1. The zero-order valence-electron chi connectivity index (χ0n) is 12.9. The molecule has 1 N–H and O–H groups in total. The molecule has 1 aromatic heterocycles. The number of anilines is 1. The molecule has 24 heavy (non-hydrogen) atoms. The van der Waals surface area contributed by atoms with E-state index in [4.69, 9.17) is 4.42 Å². The molecule has 6 heteroatoms. The number of methoxy groups -OCH3 is 1. The predicted octanol–water partition coefficient (Wildman–Crippen LogP) is 3.38. The lowest BCUT2D eigenvalue weighted by Crippen LogP contribution is -2.12. The number of hydrogen-bond acceptors (Lipinski definition) is 5. The van der Waals surface area contributed by atoms with Gasteiger partial charge in [-0.2, -0.15) is 0 Å². The Labute approximate surface area is 138 Å². The molecule has 0 aliphatic carbocycles. The second-order valence-electron chi connectivity index (χ2n) is 4.97. The monoisotopic (exact) mass is 322 g/mol. The first-order valence-corrected chi connectivity index (χ1v) is 7.16. The Bertz CT molecular complexity index is 838. The summed E-state index contributed by atoms with van der Waals surface area (Å²) in [5.41, 5.74) is 2.36. The number of benzene rings is 2. The molecule has 6 nitrogen and oxygen atoms in total. The van der Waals surface area contributed by atoms with Crippen LogP contribution < -0.4 is 5.32 Å². The zero-order chi connectivity index (χ0) is 16.9. The average molecular weight is 322 g/mol. The minimum atomic E-state index is -0.440. The van der Waals surface area contributed by atoms with Crippen LogP contribution in [0, 0.1) is 0 Å². The van der Waals surface area contributed by atoms with E-state index in [9.17, 15) is 9.59 Å². The number of nitrogens with one attached hydrogen (secondary N) is 1. The van der Waals surface area contributed by atoms with Gasteiger partial charge in [-0.3, -0.25) is 4.79 Å². The van der Waals surface area contributed by atoms with Gasteiger partial charge in [0, 0.05) is 16.8 Å². The third-order valence-electron chi connectivity index (χ3n) is 3.43. The van der Waals surface area contributed by atoms with Crippen LogP contribution in [-0.4, -0.2) is 24.0 Å². The second kappa shape index (κ2) is 6.78. The van der Waals surface area contributed by atoms with Crippen molar-refractivity contribution in [1.29, 1.82) is 0 Å². The molecule has 0 radical (unpaired) electrons. The van der Waals surface area contributed by atoms with Crippen LogP contribution in [0.5, 0.6) is 0 Å².